The van der Waals surface area contributed by atoms with Gasteiger partial charge in [-0.1, -0.05) is 44.2 Å². The van der Waals surface area contributed by atoms with E-state index in [0.717, 1.165) is 12.8 Å². The number of piperidine rings is 1. The van der Waals surface area contributed by atoms with Gasteiger partial charge in [-0.3, -0.25) is 14.9 Å². The lowest BCUT2D eigenvalue weighted by atomic mass is 9.87. The van der Waals surface area contributed by atoms with Crippen LogP contribution >= 0.6 is 0 Å². The van der Waals surface area contributed by atoms with E-state index in [9.17, 15) is 14.9 Å². The molecule has 1 aliphatic rings. The van der Waals surface area contributed by atoms with Gasteiger partial charge in [-0.25, -0.2) is 4.98 Å². The molecule has 0 radical (unpaired) electrons. The van der Waals surface area contributed by atoms with Crippen LogP contribution in [0.1, 0.15) is 42.6 Å². The Morgan fingerprint density at radius 3 is 2.46 bits per heavy atom. The molecule has 1 fully saturated rings. The summed E-state index contributed by atoms with van der Waals surface area (Å²) in [5, 5.41) is 12.1. The van der Waals surface area contributed by atoms with Crippen LogP contribution in [0.25, 0.3) is 0 Å². The maximum atomic E-state index is 13.2. The Bertz CT molecular complexity index is 1210. The molecule has 0 unspecified atom stereocenters. The van der Waals surface area contributed by atoms with E-state index in [1.807, 2.05) is 11.0 Å². The summed E-state index contributed by atoms with van der Waals surface area (Å²) in [6, 6.07) is 13.5. The number of rotatable bonds is 8. The second kappa shape index (κ2) is 10.5. The zero-order valence-corrected chi connectivity index (χ0v) is 20.0. The number of aromatic nitrogens is 2. The minimum atomic E-state index is -0.530. The molecule has 0 N–H and O–H groups in total. The Morgan fingerprint density at radius 2 is 1.83 bits per heavy atom. The number of nitro groups is 1. The lowest BCUT2D eigenvalue weighted by Gasteiger charge is -2.34. The molecule has 0 spiro atoms. The van der Waals surface area contributed by atoms with Crippen molar-refractivity contribution in [1.82, 2.24) is 9.97 Å². The minimum absolute atomic E-state index is 0.115. The lowest BCUT2D eigenvalue weighted by Crippen LogP contribution is -2.36. The SMILES string of the molecule is COc1ccc(C(=O)c2ccccc2)c(Oc2ncnc(N3CCC(C(C)C)CC3)c2[N+](=O)[O-])c1. The van der Waals surface area contributed by atoms with Gasteiger partial charge in [-0.2, -0.15) is 4.98 Å². The summed E-state index contributed by atoms with van der Waals surface area (Å²) in [5.74, 6) is 1.41. The molecule has 2 heterocycles. The molecule has 0 aliphatic carbocycles. The molecule has 3 aromatic rings. The Morgan fingerprint density at radius 1 is 1.11 bits per heavy atom. The summed E-state index contributed by atoms with van der Waals surface area (Å²) >= 11 is 0. The van der Waals surface area contributed by atoms with E-state index in [2.05, 4.69) is 23.8 Å². The van der Waals surface area contributed by atoms with Crippen LogP contribution in [0.15, 0.2) is 54.9 Å². The van der Waals surface area contributed by atoms with E-state index in [4.69, 9.17) is 9.47 Å². The van der Waals surface area contributed by atoms with Crippen molar-refractivity contribution in [2.24, 2.45) is 11.8 Å². The Balaban J connectivity index is 1.71. The summed E-state index contributed by atoms with van der Waals surface area (Å²) in [5.41, 5.74) is 0.383. The predicted octanol–water partition coefficient (Wildman–Crippen LogP) is 5.29. The lowest BCUT2D eigenvalue weighted by molar-refractivity contribution is -0.385. The third-order valence-corrected chi connectivity index (χ3v) is 6.41. The van der Waals surface area contributed by atoms with E-state index in [1.165, 1.54) is 19.5 Å². The summed E-state index contributed by atoms with van der Waals surface area (Å²) in [7, 11) is 1.49. The van der Waals surface area contributed by atoms with Crippen LogP contribution in [0.3, 0.4) is 0 Å². The van der Waals surface area contributed by atoms with Crippen LogP contribution in [-0.2, 0) is 0 Å². The molecule has 0 bridgehead atoms. The van der Waals surface area contributed by atoms with Gasteiger partial charge in [0.25, 0.3) is 0 Å². The molecule has 0 saturated carbocycles. The maximum Gasteiger partial charge on any atom is 0.373 e. The largest absolute Gasteiger partial charge is 0.497 e. The third kappa shape index (κ3) is 5.24. The van der Waals surface area contributed by atoms with Crippen LogP contribution in [-0.4, -0.2) is 40.9 Å². The maximum absolute atomic E-state index is 13.2. The second-order valence-electron chi connectivity index (χ2n) is 8.84. The molecule has 0 atom stereocenters. The molecule has 4 rings (SSSR count). The monoisotopic (exact) mass is 476 g/mol. The van der Waals surface area contributed by atoms with Crippen molar-refractivity contribution in [2.45, 2.75) is 26.7 Å². The minimum Gasteiger partial charge on any atom is -0.497 e. The highest BCUT2D eigenvalue weighted by Crippen LogP contribution is 2.40. The standard InChI is InChI=1S/C26H28N4O5/c1-17(2)18-11-13-29(14-12-18)25-23(30(32)33)26(28-16-27-25)35-22-15-20(34-3)9-10-21(22)24(31)19-7-5-4-6-8-19/h4-10,15-18H,11-14H2,1-3H3. The number of ether oxygens (including phenoxy) is 2. The Kier molecular flexibility index (Phi) is 7.24. The molecular weight excluding hydrogens is 448 g/mol. The van der Waals surface area contributed by atoms with Crippen LogP contribution in [0.5, 0.6) is 17.4 Å². The van der Waals surface area contributed by atoms with Crippen molar-refractivity contribution in [2.75, 3.05) is 25.1 Å². The number of nitrogens with zero attached hydrogens (tertiary/aromatic N) is 4. The van der Waals surface area contributed by atoms with E-state index in [0.29, 0.717) is 36.2 Å². The zero-order valence-electron chi connectivity index (χ0n) is 20.0. The predicted molar refractivity (Wildman–Crippen MR) is 131 cm³/mol. The zero-order chi connectivity index (χ0) is 24.9. The third-order valence-electron chi connectivity index (χ3n) is 6.41. The average Bonchev–Trinajstić information content (AvgIpc) is 2.88. The first-order chi connectivity index (χ1) is 16.9. The summed E-state index contributed by atoms with van der Waals surface area (Å²) in [6.07, 6.45) is 3.12. The molecule has 1 aliphatic heterocycles. The van der Waals surface area contributed by atoms with Crippen molar-refractivity contribution in [3.05, 3.63) is 76.1 Å². The van der Waals surface area contributed by atoms with Gasteiger partial charge in [0, 0.05) is 24.7 Å². The number of carbonyl (C=O) groups excluding carboxylic acids is 1. The van der Waals surface area contributed by atoms with Crippen molar-refractivity contribution in [3.63, 3.8) is 0 Å². The topological polar surface area (TPSA) is 108 Å². The highest BCUT2D eigenvalue weighted by Gasteiger charge is 2.32. The van der Waals surface area contributed by atoms with Crippen molar-refractivity contribution >= 4 is 17.3 Å². The normalized spacial score (nSPS) is 14.1. The summed E-state index contributed by atoms with van der Waals surface area (Å²) in [6.45, 7) is 5.72. The number of ketones is 1. The van der Waals surface area contributed by atoms with Gasteiger partial charge in [0.05, 0.1) is 17.6 Å². The number of anilines is 1. The number of methoxy groups -OCH3 is 1. The molecule has 0 amide bonds. The highest BCUT2D eigenvalue weighted by molar-refractivity contribution is 6.10. The van der Waals surface area contributed by atoms with Gasteiger partial charge in [0.15, 0.2) is 5.78 Å². The van der Waals surface area contributed by atoms with Crippen LogP contribution in [0.2, 0.25) is 0 Å². The fourth-order valence-electron chi connectivity index (χ4n) is 4.35. The molecule has 1 saturated heterocycles. The van der Waals surface area contributed by atoms with E-state index in [1.54, 1.807) is 36.4 Å². The number of hydrogen-bond acceptors (Lipinski definition) is 8. The van der Waals surface area contributed by atoms with Crippen molar-refractivity contribution < 1.29 is 19.2 Å². The Hall–Kier alpha value is -4.01. The van der Waals surface area contributed by atoms with Crippen molar-refractivity contribution in [1.29, 1.82) is 0 Å². The summed E-state index contributed by atoms with van der Waals surface area (Å²) in [4.78, 5) is 35.0. The number of carbonyl (C=O) groups is 1. The van der Waals surface area contributed by atoms with Gasteiger partial charge >= 0.3 is 11.6 Å². The molecule has 9 heteroatoms. The molecule has 35 heavy (non-hydrogen) atoms. The first-order valence-corrected chi connectivity index (χ1v) is 11.6. The van der Waals surface area contributed by atoms with Gasteiger partial charge in [-0.15, -0.1) is 0 Å². The number of hydrogen-bond donors (Lipinski definition) is 0. The first-order valence-electron chi connectivity index (χ1n) is 11.6. The van der Waals surface area contributed by atoms with E-state index in [-0.39, 0.29) is 34.5 Å². The second-order valence-corrected chi connectivity index (χ2v) is 8.84. The van der Waals surface area contributed by atoms with Crippen LogP contribution < -0.4 is 14.4 Å². The van der Waals surface area contributed by atoms with Crippen molar-refractivity contribution in [3.8, 4) is 17.4 Å². The molecule has 9 nitrogen and oxygen atoms in total. The molecule has 1 aromatic heterocycles. The molecular formula is C26H28N4O5. The van der Waals surface area contributed by atoms with Gasteiger partial charge in [-0.05, 0) is 36.8 Å². The quantitative estimate of drug-likeness (QED) is 0.245. The average molecular weight is 477 g/mol. The van der Waals surface area contributed by atoms with E-state index < -0.39 is 4.92 Å². The Labute approximate surface area is 203 Å². The molecule has 2 aromatic carbocycles. The van der Waals surface area contributed by atoms with E-state index >= 15 is 0 Å². The fraction of sp³-hybridized carbons (Fsp3) is 0.346. The fourth-order valence-corrected chi connectivity index (χ4v) is 4.35. The number of benzene rings is 2. The molecule has 182 valence electrons. The van der Waals surface area contributed by atoms with Gasteiger partial charge in [0.2, 0.25) is 5.82 Å². The summed E-state index contributed by atoms with van der Waals surface area (Å²) < 4.78 is 11.3. The van der Waals surface area contributed by atoms with Gasteiger partial charge < -0.3 is 14.4 Å². The smallest absolute Gasteiger partial charge is 0.373 e. The van der Waals surface area contributed by atoms with Crippen LogP contribution in [0.4, 0.5) is 11.5 Å². The first kappa shape index (κ1) is 24.1. The van der Waals surface area contributed by atoms with Crippen LogP contribution in [0, 0.1) is 22.0 Å². The van der Waals surface area contributed by atoms with Gasteiger partial charge in [0.1, 0.15) is 17.8 Å². The highest BCUT2D eigenvalue weighted by atomic mass is 16.6.